The van der Waals surface area contributed by atoms with Gasteiger partial charge in [0.05, 0.1) is 11.0 Å². The van der Waals surface area contributed by atoms with Gasteiger partial charge in [0.2, 0.25) is 0 Å². The lowest BCUT2D eigenvalue weighted by molar-refractivity contribution is 0.257. The topological polar surface area (TPSA) is 52.0 Å². The summed E-state index contributed by atoms with van der Waals surface area (Å²) in [7, 11) is -3.08. The fourth-order valence-electron chi connectivity index (χ4n) is 3.66. The Labute approximate surface area is 132 Å². The number of fused-ring (bicyclic) bond motifs is 1. The molecular weight excluding hydrogens is 296 g/mol. The average Bonchev–Trinajstić information content (AvgIpc) is 2.75. The number of sulfone groups is 1. The second-order valence-electron chi connectivity index (χ2n) is 6.84. The maximum absolute atomic E-state index is 11.7. The van der Waals surface area contributed by atoms with Gasteiger partial charge < -0.3 is 4.57 Å². The predicted octanol–water partition coefficient (Wildman–Crippen LogP) is 3.41. The molecule has 0 spiro atoms. The van der Waals surface area contributed by atoms with Crippen LogP contribution in [0.5, 0.6) is 0 Å². The first kappa shape index (κ1) is 15.5. The van der Waals surface area contributed by atoms with Gasteiger partial charge in [-0.25, -0.2) is 13.4 Å². The van der Waals surface area contributed by atoms with Gasteiger partial charge >= 0.3 is 0 Å². The Morgan fingerprint density at radius 3 is 2.77 bits per heavy atom. The molecule has 3 rings (SSSR count). The Bertz CT molecular complexity index is 764. The number of imidazole rings is 1. The molecule has 0 N–H and O–H groups in total. The molecule has 1 saturated carbocycles. The third-order valence-corrected chi connectivity index (χ3v) is 5.39. The Balaban J connectivity index is 1.96. The maximum Gasteiger partial charge on any atom is 0.154 e. The van der Waals surface area contributed by atoms with Crippen LogP contribution in [0.2, 0.25) is 0 Å². The van der Waals surface area contributed by atoms with Gasteiger partial charge in [-0.3, -0.25) is 0 Å². The lowest BCUT2D eigenvalue weighted by atomic mass is 9.82. The zero-order chi connectivity index (χ0) is 15.7. The Morgan fingerprint density at radius 2 is 2.05 bits per heavy atom. The molecular formula is C17H24N2O2S. The molecule has 1 fully saturated rings. The highest BCUT2D eigenvalue weighted by Gasteiger charge is 2.22. The van der Waals surface area contributed by atoms with Gasteiger partial charge in [0, 0.05) is 12.8 Å². The lowest BCUT2D eigenvalue weighted by Crippen LogP contribution is -2.20. The number of aromatic nitrogens is 2. The van der Waals surface area contributed by atoms with Crippen molar-refractivity contribution in [1.29, 1.82) is 0 Å². The third kappa shape index (κ3) is 3.51. The smallest absolute Gasteiger partial charge is 0.154 e. The van der Waals surface area contributed by atoms with Gasteiger partial charge in [-0.05, 0) is 36.8 Å². The van der Waals surface area contributed by atoms with Crippen molar-refractivity contribution in [2.24, 2.45) is 11.8 Å². The fourth-order valence-corrected chi connectivity index (χ4v) is 4.35. The Kier molecular flexibility index (Phi) is 4.26. The van der Waals surface area contributed by atoms with Crippen LogP contribution in [0.25, 0.3) is 11.0 Å². The molecule has 2 unspecified atom stereocenters. The number of nitrogens with zero attached hydrogens (tertiary/aromatic N) is 2. The number of rotatable bonds is 4. The first-order valence-corrected chi connectivity index (χ1v) is 10.1. The van der Waals surface area contributed by atoms with Crippen LogP contribution in [0.4, 0.5) is 0 Å². The summed E-state index contributed by atoms with van der Waals surface area (Å²) in [5.74, 6) is 2.10. The van der Waals surface area contributed by atoms with E-state index in [9.17, 15) is 8.42 Å². The van der Waals surface area contributed by atoms with Crippen molar-refractivity contribution in [3.63, 3.8) is 0 Å². The number of hydrogen-bond donors (Lipinski definition) is 0. The van der Waals surface area contributed by atoms with E-state index in [1.54, 1.807) is 0 Å². The molecule has 5 heteroatoms. The van der Waals surface area contributed by atoms with Crippen molar-refractivity contribution in [3.8, 4) is 0 Å². The molecule has 1 aromatic carbocycles. The van der Waals surface area contributed by atoms with Crippen molar-refractivity contribution in [2.75, 3.05) is 6.26 Å². The van der Waals surface area contributed by atoms with Crippen molar-refractivity contribution < 1.29 is 8.42 Å². The van der Waals surface area contributed by atoms with Gasteiger partial charge in [-0.2, -0.15) is 0 Å². The highest BCUT2D eigenvalue weighted by Crippen LogP contribution is 2.31. The minimum absolute atomic E-state index is 0.0178. The van der Waals surface area contributed by atoms with E-state index >= 15 is 0 Å². The largest absolute Gasteiger partial charge is 0.327 e. The van der Waals surface area contributed by atoms with Gasteiger partial charge in [0.25, 0.3) is 0 Å². The van der Waals surface area contributed by atoms with Crippen LogP contribution in [-0.4, -0.2) is 24.2 Å². The summed E-state index contributed by atoms with van der Waals surface area (Å²) in [6, 6.07) is 7.95. The lowest BCUT2D eigenvalue weighted by Gasteiger charge is -2.27. The summed E-state index contributed by atoms with van der Waals surface area (Å²) in [4.78, 5) is 4.57. The van der Waals surface area contributed by atoms with Gasteiger partial charge in [0.1, 0.15) is 11.6 Å². The molecule has 0 amide bonds. The third-order valence-electron chi connectivity index (χ3n) is 4.61. The van der Waals surface area contributed by atoms with Gasteiger partial charge in [-0.1, -0.05) is 31.9 Å². The van der Waals surface area contributed by atoms with E-state index in [2.05, 4.69) is 16.5 Å². The van der Waals surface area contributed by atoms with E-state index in [1.165, 1.54) is 31.9 Å². The van der Waals surface area contributed by atoms with E-state index in [-0.39, 0.29) is 5.75 Å². The van der Waals surface area contributed by atoms with E-state index in [1.807, 2.05) is 24.3 Å². The van der Waals surface area contributed by atoms with Crippen molar-refractivity contribution >= 4 is 20.9 Å². The normalized spacial score (nSPS) is 23.0. The molecule has 4 nitrogen and oxygen atoms in total. The average molecular weight is 320 g/mol. The molecule has 0 radical (unpaired) electrons. The zero-order valence-corrected chi connectivity index (χ0v) is 14.1. The highest BCUT2D eigenvalue weighted by molar-refractivity contribution is 7.89. The van der Waals surface area contributed by atoms with Crippen molar-refractivity contribution in [1.82, 2.24) is 9.55 Å². The molecule has 2 atom stereocenters. The van der Waals surface area contributed by atoms with Crippen molar-refractivity contribution in [2.45, 2.75) is 44.9 Å². The first-order chi connectivity index (χ1) is 10.4. The molecule has 22 heavy (non-hydrogen) atoms. The molecule has 0 saturated heterocycles. The number of benzene rings is 1. The predicted molar refractivity (Wildman–Crippen MR) is 89.4 cm³/mol. The van der Waals surface area contributed by atoms with Crippen LogP contribution >= 0.6 is 0 Å². The van der Waals surface area contributed by atoms with E-state index in [4.69, 9.17) is 0 Å². The van der Waals surface area contributed by atoms with Gasteiger partial charge in [0.15, 0.2) is 9.84 Å². The molecule has 2 aromatic rings. The summed E-state index contributed by atoms with van der Waals surface area (Å²) in [5, 5.41) is 0. The number of para-hydroxylation sites is 2. The zero-order valence-electron chi connectivity index (χ0n) is 13.3. The molecule has 1 aliphatic rings. The first-order valence-electron chi connectivity index (χ1n) is 8.04. The molecule has 120 valence electrons. The standard InChI is InChI=1S/C17H24N2O2S/c1-13-6-5-7-14(10-13)11-19-16-9-4-3-8-15(16)18-17(19)12-22(2,20)21/h3-4,8-9,13-14H,5-7,10-12H2,1-2H3. The highest BCUT2D eigenvalue weighted by atomic mass is 32.2. The monoisotopic (exact) mass is 320 g/mol. The van der Waals surface area contributed by atoms with Crippen LogP contribution in [0.3, 0.4) is 0 Å². The van der Waals surface area contributed by atoms with E-state index in [0.29, 0.717) is 11.7 Å². The summed E-state index contributed by atoms with van der Waals surface area (Å²) in [5.41, 5.74) is 1.95. The summed E-state index contributed by atoms with van der Waals surface area (Å²) in [6.45, 7) is 3.20. The van der Waals surface area contributed by atoms with Crippen LogP contribution in [0, 0.1) is 11.8 Å². The maximum atomic E-state index is 11.7. The van der Waals surface area contributed by atoms with E-state index in [0.717, 1.165) is 23.5 Å². The SMILES string of the molecule is CC1CCCC(Cn2c(CS(C)(=O)=O)nc3ccccc32)C1. The van der Waals surface area contributed by atoms with E-state index < -0.39 is 9.84 Å². The molecule has 1 heterocycles. The summed E-state index contributed by atoms with van der Waals surface area (Å²) < 4.78 is 25.6. The van der Waals surface area contributed by atoms with Crippen LogP contribution in [0.1, 0.15) is 38.4 Å². The quantitative estimate of drug-likeness (QED) is 0.867. The van der Waals surface area contributed by atoms with Crippen LogP contribution in [0.15, 0.2) is 24.3 Å². The number of hydrogen-bond acceptors (Lipinski definition) is 3. The molecule has 0 bridgehead atoms. The molecule has 1 aromatic heterocycles. The fraction of sp³-hybridized carbons (Fsp3) is 0.588. The Hall–Kier alpha value is -1.36. The van der Waals surface area contributed by atoms with Crippen LogP contribution < -0.4 is 0 Å². The Morgan fingerprint density at radius 1 is 1.27 bits per heavy atom. The summed E-state index contributed by atoms with van der Waals surface area (Å²) in [6.07, 6.45) is 6.33. The van der Waals surface area contributed by atoms with Crippen LogP contribution in [-0.2, 0) is 22.1 Å². The second-order valence-corrected chi connectivity index (χ2v) is 8.98. The molecule has 0 aliphatic heterocycles. The minimum Gasteiger partial charge on any atom is -0.327 e. The summed E-state index contributed by atoms with van der Waals surface area (Å²) >= 11 is 0. The minimum atomic E-state index is -3.08. The van der Waals surface area contributed by atoms with Gasteiger partial charge in [-0.15, -0.1) is 0 Å². The van der Waals surface area contributed by atoms with Crippen molar-refractivity contribution in [3.05, 3.63) is 30.1 Å². The second kappa shape index (κ2) is 6.03. The molecule has 1 aliphatic carbocycles.